The average Bonchev–Trinajstić information content (AvgIpc) is 2.36. The molecule has 0 spiro atoms. The number of benzene rings is 2. The predicted octanol–water partition coefficient (Wildman–Crippen LogP) is 4.14. The number of hydrogen-bond acceptors (Lipinski definition) is 1. The second kappa shape index (κ2) is 5.55. The summed E-state index contributed by atoms with van der Waals surface area (Å²) in [7, 11) is 0. The Bertz CT molecular complexity index is 678. The van der Waals surface area contributed by atoms with Gasteiger partial charge < -0.3 is 5.11 Å². The monoisotopic (exact) mass is 298 g/mol. The average molecular weight is 298 g/mol. The van der Waals surface area contributed by atoms with Crippen molar-refractivity contribution in [2.75, 3.05) is 0 Å². The van der Waals surface area contributed by atoms with Crippen molar-refractivity contribution >= 4 is 5.97 Å². The van der Waals surface area contributed by atoms with Crippen LogP contribution in [0.5, 0.6) is 0 Å². The first-order chi connectivity index (χ1) is 9.77. The van der Waals surface area contributed by atoms with Gasteiger partial charge in [-0.1, -0.05) is 18.2 Å². The second-order valence-corrected chi connectivity index (χ2v) is 4.45. The summed E-state index contributed by atoms with van der Waals surface area (Å²) in [4.78, 5) is 10.7. The highest BCUT2D eigenvalue weighted by Crippen LogP contribution is 2.34. The van der Waals surface area contributed by atoms with Gasteiger partial charge in [-0.15, -0.1) is 0 Å². The molecule has 2 aromatic carbocycles. The predicted molar refractivity (Wildman–Crippen MR) is 68.2 cm³/mol. The van der Waals surface area contributed by atoms with Gasteiger partial charge in [0, 0.05) is 0 Å². The van der Waals surface area contributed by atoms with E-state index >= 15 is 0 Å². The van der Waals surface area contributed by atoms with Crippen molar-refractivity contribution in [3.05, 3.63) is 59.4 Å². The number of rotatable bonds is 3. The minimum absolute atomic E-state index is 0.332. The fourth-order valence-electron chi connectivity index (χ4n) is 2.03. The minimum Gasteiger partial charge on any atom is -0.481 e. The molecule has 0 saturated heterocycles. The van der Waals surface area contributed by atoms with Crippen molar-refractivity contribution in [3.8, 4) is 11.1 Å². The van der Waals surface area contributed by atoms with E-state index in [1.165, 1.54) is 30.3 Å². The maximum atomic E-state index is 13.2. The van der Waals surface area contributed by atoms with E-state index in [9.17, 15) is 22.4 Å². The number of carboxylic acid groups (broad SMARTS) is 1. The van der Waals surface area contributed by atoms with E-state index in [-0.39, 0.29) is 5.56 Å². The molecule has 0 aliphatic rings. The number of halogens is 4. The lowest BCUT2D eigenvalue weighted by molar-refractivity contribution is -0.139. The highest BCUT2D eigenvalue weighted by molar-refractivity contribution is 5.73. The highest BCUT2D eigenvalue weighted by Gasteiger charge is 2.33. The van der Waals surface area contributed by atoms with Crippen molar-refractivity contribution in [2.45, 2.75) is 12.6 Å². The largest absolute Gasteiger partial charge is 0.481 e. The van der Waals surface area contributed by atoms with E-state index in [1.807, 2.05) is 0 Å². The first kappa shape index (κ1) is 15.0. The molecule has 0 saturated carbocycles. The summed E-state index contributed by atoms with van der Waals surface area (Å²) in [6.45, 7) is 0. The maximum absolute atomic E-state index is 13.2. The molecule has 0 radical (unpaired) electrons. The van der Waals surface area contributed by atoms with Crippen LogP contribution < -0.4 is 0 Å². The Morgan fingerprint density at radius 2 is 1.71 bits per heavy atom. The van der Waals surface area contributed by atoms with E-state index in [1.54, 1.807) is 0 Å². The van der Waals surface area contributed by atoms with Crippen LogP contribution in [-0.4, -0.2) is 11.1 Å². The van der Waals surface area contributed by atoms with Crippen LogP contribution in [0.1, 0.15) is 11.1 Å². The summed E-state index contributed by atoms with van der Waals surface area (Å²) in [6, 6.07) is 8.50. The fraction of sp³-hybridized carbons (Fsp3) is 0.133. The number of hydrogen-bond donors (Lipinski definition) is 1. The van der Waals surface area contributed by atoms with Gasteiger partial charge in [-0.05, 0) is 41.0 Å². The standard InChI is InChI=1S/C15H10F4O2/c16-12-3-1-2-9(7-12)10-4-5-13(15(17,18)19)11(6-10)8-14(20)21/h1-7H,8H2,(H,20,21). The Labute approximate surface area is 117 Å². The zero-order valence-electron chi connectivity index (χ0n) is 10.6. The van der Waals surface area contributed by atoms with Gasteiger partial charge >= 0.3 is 12.1 Å². The maximum Gasteiger partial charge on any atom is 0.416 e. The molecular weight excluding hydrogens is 288 g/mol. The Kier molecular flexibility index (Phi) is 3.97. The minimum atomic E-state index is -4.63. The topological polar surface area (TPSA) is 37.3 Å². The van der Waals surface area contributed by atoms with Crippen LogP contribution in [-0.2, 0) is 17.4 Å². The third-order valence-electron chi connectivity index (χ3n) is 2.91. The number of carbonyl (C=O) groups is 1. The second-order valence-electron chi connectivity index (χ2n) is 4.45. The number of aliphatic carboxylic acids is 1. The molecule has 0 unspecified atom stereocenters. The lowest BCUT2D eigenvalue weighted by Crippen LogP contribution is -2.12. The number of alkyl halides is 3. The SMILES string of the molecule is O=C(O)Cc1cc(-c2cccc(F)c2)ccc1C(F)(F)F. The Morgan fingerprint density at radius 3 is 2.29 bits per heavy atom. The van der Waals surface area contributed by atoms with Crippen LogP contribution in [0.15, 0.2) is 42.5 Å². The molecule has 0 heterocycles. The van der Waals surface area contributed by atoms with E-state index in [4.69, 9.17) is 5.11 Å². The fourth-order valence-corrected chi connectivity index (χ4v) is 2.03. The normalized spacial score (nSPS) is 11.4. The highest BCUT2D eigenvalue weighted by atomic mass is 19.4. The number of carboxylic acids is 1. The zero-order valence-corrected chi connectivity index (χ0v) is 10.6. The van der Waals surface area contributed by atoms with Gasteiger partial charge in [0.15, 0.2) is 0 Å². The summed E-state index contributed by atoms with van der Waals surface area (Å²) in [6.07, 6.45) is -5.39. The van der Waals surface area contributed by atoms with Crippen molar-refractivity contribution in [2.24, 2.45) is 0 Å². The van der Waals surface area contributed by atoms with Gasteiger partial charge in [-0.3, -0.25) is 4.79 Å². The molecule has 1 N–H and O–H groups in total. The van der Waals surface area contributed by atoms with Crippen LogP contribution in [0, 0.1) is 5.82 Å². The van der Waals surface area contributed by atoms with Crippen molar-refractivity contribution < 1.29 is 27.5 Å². The summed E-state index contributed by atoms with van der Waals surface area (Å²) in [5.74, 6) is -1.89. The molecule has 6 heteroatoms. The molecule has 0 atom stereocenters. The van der Waals surface area contributed by atoms with Crippen molar-refractivity contribution in [3.63, 3.8) is 0 Å². The summed E-state index contributed by atoms with van der Waals surface area (Å²) >= 11 is 0. The van der Waals surface area contributed by atoms with Crippen LogP contribution in [0.2, 0.25) is 0 Å². The first-order valence-corrected chi connectivity index (χ1v) is 5.95. The quantitative estimate of drug-likeness (QED) is 0.865. The van der Waals surface area contributed by atoms with Gasteiger partial charge in [-0.25, -0.2) is 4.39 Å². The van der Waals surface area contributed by atoms with E-state index < -0.39 is 29.9 Å². The zero-order chi connectivity index (χ0) is 15.6. The molecule has 0 aliphatic carbocycles. The van der Waals surface area contributed by atoms with Gasteiger partial charge in [0.25, 0.3) is 0 Å². The molecule has 2 rings (SSSR count). The molecular formula is C15H10F4O2. The molecule has 21 heavy (non-hydrogen) atoms. The molecule has 2 nitrogen and oxygen atoms in total. The first-order valence-electron chi connectivity index (χ1n) is 5.95. The van der Waals surface area contributed by atoms with Crippen LogP contribution in [0.4, 0.5) is 17.6 Å². The molecule has 110 valence electrons. The van der Waals surface area contributed by atoms with E-state index in [0.29, 0.717) is 11.1 Å². The Hall–Kier alpha value is -2.37. The molecule has 0 bridgehead atoms. The molecule has 0 aromatic heterocycles. The summed E-state index contributed by atoms with van der Waals surface area (Å²) in [5, 5.41) is 8.74. The Balaban J connectivity index is 2.53. The summed E-state index contributed by atoms with van der Waals surface area (Å²) in [5.41, 5.74) is -0.629. The van der Waals surface area contributed by atoms with E-state index in [2.05, 4.69) is 0 Å². The third kappa shape index (κ3) is 3.59. The van der Waals surface area contributed by atoms with Crippen molar-refractivity contribution in [1.29, 1.82) is 0 Å². The van der Waals surface area contributed by atoms with E-state index in [0.717, 1.165) is 12.1 Å². The van der Waals surface area contributed by atoms with Crippen molar-refractivity contribution in [1.82, 2.24) is 0 Å². The molecule has 0 aliphatic heterocycles. The Morgan fingerprint density at radius 1 is 1.05 bits per heavy atom. The van der Waals surface area contributed by atoms with Crippen LogP contribution in [0.25, 0.3) is 11.1 Å². The van der Waals surface area contributed by atoms with Gasteiger partial charge in [0.1, 0.15) is 5.82 Å². The van der Waals surface area contributed by atoms with Crippen LogP contribution in [0.3, 0.4) is 0 Å². The molecule has 0 amide bonds. The smallest absolute Gasteiger partial charge is 0.416 e. The van der Waals surface area contributed by atoms with Crippen LogP contribution >= 0.6 is 0 Å². The van der Waals surface area contributed by atoms with Gasteiger partial charge in [0.05, 0.1) is 12.0 Å². The van der Waals surface area contributed by atoms with Gasteiger partial charge in [0.2, 0.25) is 0 Å². The third-order valence-corrected chi connectivity index (χ3v) is 2.91. The van der Waals surface area contributed by atoms with Gasteiger partial charge in [-0.2, -0.15) is 13.2 Å². The lowest BCUT2D eigenvalue weighted by atomic mass is 9.97. The lowest BCUT2D eigenvalue weighted by Gasteiger charge is -2.13. The summed E-state index contributed by atoms with van der Waals surface area (Å²) < 4.78 is 51.7. The molecule has 2 aromatic rings. The molecule has 0 fully saturated rings.